The molecule has 0 spiro atoms. The van der Waals surface area contributed by atoms with Crippen molar-refractivity contribution in [3.05, 3.63) is 96.1 Å². The molecule has 0 aliphatic rings. The van der Waals surface area contributed by atoms with Crippen LogP contribution in [-0.4, -0.2) is 18.9 Å². The molecule has 0 radical (unpaired) electrons. The number of carbonyl (C=O) groups is 1. The minimum atomic E-state index is -0.156. The lowest BCUT2D eigenvalue weighted by atomic mass is 10.1. The number of rotatable bonds is 4. The Hall–Kier alpha value is -3.40. The molecule has 0 saturated heterocycles. The van der Waals surface area contributed by atoms with Crippen LogP contribution in [0.1, 0.15) is 15.9 Å². The van der Waals surface area contributed by atoms with Crippen LogP contribution in [0.4, 0.5) is 11.4 Å². The van der Waals surface area contributed by atoms with Gasteiger partial charge in [0.2, 0.25) is 5.90 Å². The third-order valence-corrected chi connectivity index (χ3v) is 3.61. The smallest absolute Gasteiger partial charge is 0.255 e. The molecule has 4 heteroatoms. The van der Waals surface area contributed by atoms with Crippen molar-refractivity contribution >= 4 is 23.2 Å². The van der Waals surface area contributed by atoms with Crippen molar-refractivity contribution in [1.29, 1.82) is 0 Å². The molecule has 0 unspecified atom stereocenters. The van der Waals surface area contributed by atoms with Crippen LogP contribution >= 0.6 is 0 Å². The van der Waals surface area contributed by atoms with Gasteiger partial charge in [0.15, 0.2) is 0 Å². The fraction of sp³-hybridized carbons (Fsp3) is 0.0476. The predicted octanol–water partition coefficient (Wildman–Crippen LogP) is 4.66. The molecule has 3 rings (SSSR count). The van der Waals surface area contributed by atoms with Crippen molar-refractivity contribution in [2.24, 2.45) is 4.99 Å². The SMILES string of the molecule is CO/C(=N\c1ccccc1)c1ccc(C(=O)Nc2ccccc2)cc1. The van der Waals surface area contributed by atoms with E-state index in [1.165, 1.54) is 0 Å². The van der Waals surface area contributed by atoms with Crippen molar-refractivity contribution in [1.82, 2.24) is 0 Å². The first-order chi connectivity index (χ1) is 12.3. The van der Waals surface area contributed by atoms with E-state index < -0.39 is 0 Å². The van der Waals surface area contributed by atoms with Gasteiger partial charge in [0.1, 0.15) is 0 Å². The summed E-state index contributed by atoms with van der Waals surface area (Å²) in [5.41, 5.74) is 2.95. The summed E-state index contributed by atoms with van der Waals surface area (Å²) in [5, 5.41) is 2.86. The van der Waals surface area contributed by atoms with Gasteiger partial charge in [-0.05, 0) is 48.5 Å². The number of para-hydroxylation sites is 2. The highest BCUT2D eigenvalue weighted by Gasteiger charge is 2.08. The van der Waals surface area contributed by atoms with Crippen molar-refractivity contribution in [2.45, 2.75) is 0 Å². The summed E-state index contributed by atoms with van der Waals surface area (Å²) in [6, 6.07) is 26.1. The van der Waals surface area contributed by atoms with E-state index in [9.17, 15) is 4.79 Å². The lowest BCUT2D eigenvalue weighted by Crippen LogP contribution is -2.12. The van der Waals surface area contributed by atoms with Gasteiger partial charge >= 0.3 is 0 Å². The van der Waals surface area contributed by atoms with Gasteiger partial charge in [-0.1, -0.05) is 36.4 Å². The average molecular weight is 330 g/mol. The van der Waals surface area contributed by atoms with Gasteiger partial charge in [-0.2, -0.15) is 0 Å². The number of methoxy groups -OCH3 is 1. The summed E-state index contributed by atoms with van der Waals surface area (Å²) < 4.78 is 5.39. The molecular weight excluding hydrogens is 312 g/mol. The van der Waals surface area contributed by atoms with Gasteiger partial charge < -0.3 is 10.1 Å². The zero-order valence-electron chi connectivity index (χ0n) is 13.8. The monoisotopic (exact) mass is 330 g/mol. The van der Waals surface area contributed by atoms with E-state index in [1.54, 1.807) is 19.2 Å². The Morgan fingerprint density at radius 2 is 1.36 bits per heavy atom. The summed E-state index contributed by atoms with van der Waals surface area (Å²) in [4.78, 5) is 16.8. The fourth-order valence-electron chi connectivity index (χ4n) is 2.34. The topological polar surface area (TPSA) is 50.7 Å². The van der Waals surface area contributed by atoms with Gasteiger partial charge in [0.25, 0.3) is 5.91 Å². The van der Waals surface area contributed by atoms with Crippen LogP contribution in [0.2, 0.25) is 0 Å². The largest absolute Gasteiger partial charge is 0.481 e. The molecule has 1 N–H and O–H groups in total. The van der Waals surface area contributed by atoms with Crippen molar-refractivity contribution in [2.75, 3.05) is 12.4 Å². The van der Waals surface area contributed by atoms with Gasteiger partial charge in [-0.25, -0.2) is 4.99 Å². The third kappa shape index (κ3) is 4.32. The van der Waals surface area contributed by atoms with Crippen LogP contribution in [0.3, 0.4) is 0 Å². The van der Waals surface area contributed by atoms with E-state index in [-0.39, 0.29) is 5.91 Å². The molecule has 0 atom stereocenters. The molecule has 3 aromatic carbocycles. The van der Waals surface area contributed by atoms with E-state index >= 15 is 0 Å². The van der Waals surface area contributed by atoms with Gasteiger partial charge in [-0.15, -0.1) is 0 Å². The zero-order valence-corrected chi connectivity index (χ0v) is 13.8. The summed E-state index contributed by atoms with van der Waals surface area (Å²) in [6.07, 6.45) is 0. The molecule has 3 aromatic rings. The number of hydrogen-bond acceptors (Lipinski definition) is 3. The number of carbonyl (C=O) groups excluding carboxylic acids is 1. The van der Waals surface area contributed by atoms with E-state index in [0.29, 0.717) is 11.5 Å². The van der Waals surface area contributed by atoms with Crippen LogP contribution in [0.5, 0.6) is 0 Å². The third-order valence-electron chi connectivity index (χ3n) is 3.61. The maximum atomic E-state index is 12.3. The molecule has 0 fully saturated rings. The highest BCUT2D eigenvalue weighted by atomic mass is 16.5. The molecule has 0 aliphatic heterocycles. The van der Waals surface area contributed by atoms with Crippen molar-refractivity contribution in [3.63, 3.8) is 0 Å². The Balaban J connectivity index is 1.77. The zero-order chi connectivity index (χ0) is 17.5. The molecule has 1 amide bonds. The first kappa shape index (κ1) is 16.5. The Morgan fingerprint density at radius 1 is 0.800 bits per heavy atom. The second-order valence-corrected chi connectivity index (χ2v) is 5.35. The van der Waals surface area contributed by atoms with Crippen molar-refractivity contribution in [3.8, 4) is 0 Å². The molecule has 0 aliphatic carbocycles. The fourth-order valence-corrected chi connectivity index (χ4v) is 2.34. The second kappa shape index (κ2) is 7.93. The van der Waals surface area contributed by atoms with E-state index in [2.05, 4.69) is 10.3 Å². The molecule has 25 heavy (non-hydrogen) atoms. The molecule has 124 valence electrons. The number of nitrogens with zero attached hydrogens (tertiary/aromatic N) is 1. The van der Waals surface area contributed by atoms with Gasteiger partial charge in [0.05, 0.1) is 12.8 Å². The minimum Gasteiger partial charge on any atom is -0.481 e. The molecule has 0 heterocycles. The van der Waals surface area contributed by atoms with E-state index in [4.69, 9.17) is 4.74 Å². The molecule has 0 saturated carbocycles. The number of anilines is 1. The summed E-state index contributed by atoms with van der Waals surface area (Å²) in [5.74, 6) is 0.345. The number of ether oxygens (including phenoxy) is 1. The normalized spacial score (nSPS) is 11.0. The summed E-state index contributed by atoms with van der Waals surface area (Å²) in [6.45, 7) is 0. The van der Waals surface area contributed by atoms with E-state index in [0.717, 1.165) is 16.9 Å². The van der Waals surface area contributed by atoms with Crippen LogP contribution < -0.4 is 5.32 Å². The summed E-state index contributed by atoms with van der Waals surface area (Å²) >= 11 is 0. The second-order valence-electron chi connectivity index (χ2n) is 5.35. The molecule has 4 nitrogen and oxygen atoms in total. The molecular formula is C21H18N2O2. The Labute approximate surface area is 146 Å². The Bertz CT molecular complexity index is 857. The van der Waals surface area contributed by atoms with Gasteiger partial charge in [-0.3, -0.25) is 4.79 Å². The number of hydrogen-bond donors (Lipinski definition) is 1. The van der Waals surface area contributed by atoms with Crippen LogP contribution in [0.25, 0.3) is 0 Å². The lowest BCUT2D eigenvalue weighted by molar-refractivity contribution is 0.102. The lowest BCUT2D eigenvalue weighted by Gasteiger charge is -2.08. The Morgan fingerprint density at radius 3 is 1.96 bits per heavy atom. The van der Waals surface area contributed by atoms with E-state index in [1.807, 2.05) is 72.8 Å². The minimum absolute atomic E-state index is 0.156. The van der Waals surface area contributed by atoms with Gasteiger partial charge in [0, 0.05) is 16.8 Å². The predicted molar refractivity (Wildman–Crippen MR) is 100 cm³/mol. The number of aliphatic imine (C=N–C) groups is 1. The summed E-state index contributed by atoms with van der Waals surface area (Å²) in [7, 11) is 1.58. The number of nitrogens with one attached hydrogen (secondary N) is 1. The number of benzene rings is 3. The van der Waals surface area contributed by atoms with Crippen LogP contribution in [0, 0.1) is 0 Å². The quantitative estimate of drug-likeness (QED) is 0.558. The first-order valence-corrected chi connectivity index (χ1v) is 7.91. The van der Waals surface area contributed by atoms with Crippen molar-refractivity contribution < 1.29 is 9.53 Å². The standard InChI is InChI=1S/C21H18N2O2/c1-25-21(23-19-10-6-3-7-11-19)17-14-12-16(13-15-17)20(24)22-18-8-4-2-5-9-18/h2-15H,1H3,(H,22,24)/b23-21-. The van der Waals surface area contributed by atoms with Crippen LogP contribution in [0.15, 0.2) is 89.9 Å². The maximum absolute atomic E-state index is 12.3. The maximum Gasteiger partial charge on any atom is 0.255 e. The Kier molecular flexibility index (Phi) is 5.22. The molecule has 0 aromatic heterocycles. The first-order valence-electron chi connectivity index (χ1n) is 7.91. The highest BCUT2D eigenvalue weighted by molar-refractivity contribution is 6.05. The number of amides is 1. The van der Waals surface area contributed by atoms with Crippen LogP contribution in [-0.2, 0) is 4.74 Å². The average Bonchev–Trinajstić information content (AvgIpc) is 2.68. The highest BCUT2D eigenvalue weighted by Crippen LogP contribution is 2.15. The molecule has 0 bridgehead atoms.